The van der Waals surface area contributed by atoms with Crippen LogP contribution in [-0.4, -0.2) is 48.2 Å². The molecule has 1 aromatic carbocycles. The van der Waals surface area contributed by atoms with Gasteiger partial charge in [-0.15, -0.1) is 0 Å². The SMILES string of the molecule is COC(=O)CCNC(=O)c1ccc2c(c1)nc(C(C)CC1CCNCC1)n2C. The molecular weight excluding hydrogens is 356 g/mol. The molecule has 152 valence electrons. The Kier molecular flexibility index (Phi) is 6.67. The van der Waals surface area contributed by atoms with Crippen LogP contribution in [-0.2, 0) is 16.6 Å². The first-order valence-electron chi connectivity index (χ1n) is 10.0. The molecule has 1 aliphatic heterocycles. The number of amides is 1. The minimum Gasteiger partial charge on any atom is -0.469 e. The van der Waals surface area contributed by atoms with Gasteiger partial charge in [0, 0.05) is 25.1 Å². The van der Waals surface area contributed by atoms with E-state index in [-0.39, 0.29) is 24.8 Å². The van der Waals surface area contributed by atoms with Crippen LogP contribution in [0.25, 0.3) is 11.0 Å². The number of rotatable bonds is 7. The van der Waals surface area contributed by atoms with Crippen molar-refractivity contribution < 1.29 is 14.3 Å². The van der Waals surface area contributed by atoms with E-state index in [0.717, 1.165) is 42.3 Å². The molecule has 0 spiro atoms. The van der Waals surface area contributed by atoms with Gasteiger partial charge in [-0.25, -0.2) is 4.98 Å². The Morgan fingerprint density at radius 3 is 2.82 bits per heavy atom. The number of nitrogens with zero attached hydrogens (tertiary/aromatic N) is 2. The molecule has 0 aliphatic carbocycles. The summed E-state index contributed by atoms with van der Waals surface area (Å²) >= 11 is 0. The van der Waals surface area contributed by atoms with Crippen LogP contribution in [0.5, 0.6) is 0 Å². The first-order valence-corrected chi connectivity index (χ1v) is 10.0. The van der Waals surface area contributed by atoms with E-state index in [0.29, 0.717) is 11.5 Å². The molecule has 1 unspecified atom stereocenters. The van der Waals surface area contributed by atoms with Crippen LogP contribution >= 0.6 is 0 Å². The second kappa shape index (κ2) is 9.19. The Balaban J connectivity index is 1.70. The standard InChI is InChI=1S/C21H30N4O3/c1-14(12-15-6-9-22-10-7-15)20-24-17-13-16(4-5-18(17)25(20)2)21(27)23-11-8-19(26)28-3/h4-5,13-15,22H,6-12H2,1-3H3,(H,23,27). The van der Waals surface area contributed by atoms with Crippen LogP contribution in [0.1, 0.15) is 54.7 Å². The average molecular weight is 386 g/mol. The first-order chi connectivity index (χ1) is 13.5. The molecule has 1 fully saturated rings. The molecule has 1 atom stereocenters. The van der Waals surface area contributed by atoms with Crippen molar-refractivity contribution in [3.05, 3.63) is 29.6 Å². The zero-order valence-corrected chi connectivity index (χ0v) is 17.0. The Labute approximate surface area is 165 Å². The van der Waals surface area contributed by atoms with E-state index < -0.39 is 0 Å². The zero-order chi connectivity index (χ0) is 20.1. The van der Waals surface area contributed by atoms with Gasteiger partial charge in [-0.3, -0.25) is 9.59 Å². The summed E-state index contributed by atoms with van der Waals surface area (Å²) in [5.41, 5.74) is 2.40. The van der Waals surface area contributed by atoms with Gasteiger partial charge in [0.2, 0.25) is 0 Å². The van der Waals surface area contributed by atoms with Crippen molar-refractivity contribution in [2.45, 2.75) is 38.5 Å². The van der Waals surface area contributed by atoms with E-state index in [1.165, 1.54) is 20.0 Å². The molecule has 7 nitrogen and oxygen atoms in total. The highest BCUT2D eigenvalue weighted by molar-refractivity contribution is 5.97. The molecule has 0 bridgehead atoms. The molecule has 2 N–H and O–H groups in total. The number of ether oxygens (including phenoxy) is 1. The minimum atomic E-state index is -0.340. The quantitative estimate of drug-likeness (QED) is 0.714. The Bertz CT molecular complexity index is 840. The average Bonchev–Trinajstić information content (AvgIpc) is 3.04. The monoisotopic (exact) mass is 386 g/mol. The zero-order valence-electron chi connectivity index (χ0n) is 17.0. The molecule has 0 radical (unpaired) electrons. The Hall–Kier alpha value is -2.41. The van der Waals surface area contributed by atoms with Crippen LogP contribution in [0.4, 0.5) is 0 Å². The molecule has 0 saturated carbocycles. The summed E-state index contributed by atoms with van der Waals surface area (Å²) in [5, 5.41) is 6.16. The molecular formula is C21H30N4O3. The molecule has 2 heterocycles. The van der Waals surface area contributed by atoms with Crippen molar-refractivity contribution in [2.24, 2.45) is 13.0 Å². The lowest BCUT2D eigenvalue weighted by Crippen LogP contribution is -2.28. The van der Waals surface area contributed by atoms with Gasteiger partial charge in [0.15, 0.2) is 0 Å². The molecule has 1 aromatic heterocycles. The summed E-state index contributed by atoms with van der Waals surface area (Å²) < 4.78 is 6.72. The molecule has 3 rings (SSSR count). The van der Waals surface area contributed by atoms with Gasteiger partial charge < -0.3 is 19.9 Å². The maximum absolute atomic E-state index is 12.3. The van der Waals surface area contributed by atoms with Gasteiger partial charge in [0.25, 0.3) is 5.91 Å². The number of hydrogen-bond donors (Lipinski definition) is 2. The summed E-state index contributed by atoms with van der Waals surface area (Å²) in [6, 6.07) is 5.57. The predicted molar refractivity (Wildman–Crippen MR) is 108 cm³/mol. The maximum Gasteiger partial charge on any atom is 0.307 e. The minimum absolute atomic E-state index is 0.159. The molecule has 7 heteroatoms. The van der Waals surface area contributed by atoms with Crippen LogP contribution in [0.15, 0.2) is 18.2 Å². The van der Waals surface area contributed by atoms with Gasteiger partial charge in [-0.2, -0.15) is 0 Å². The second-order valence-corrected chi connectivity index (χ2v) is 7.64. The number of carbonyl (C=O) groups excluding carboxylic acids is 2. The van der Waals surface area contributed by atoms with Crippen molar-refractivity contribution in [1.29, 1.82) is 0 Å². The summed E-state index contributed by atoms with van der Waals surface area (Å²) in [6.45, 7) is 4.71. The highest BCUT2D eigenvalue weighted by Crippen LogP contribution is 2.29. The topological polar surface area (TPSA) is 85.2 Å². The predicted octanol–water partition coefficient (Wildman–Crippen LogP) is 2.36. The van der Waals surface area contributed by atoms with Crippen LogP contribution < -0.4 is 10.6 Å². The highest BCUT2D eigenvalue weighted by atomic mass is 16.5. The number of methoxy groups -OCH3 is 1. The number of carbonyl (C=O) groups is 2. The van der Waals surface area contributed by atoms with Crippen LogP contribution in [0.3, 0.4) is 0 Å². The third-order valence-electron chi connectivity index (χ3n) is 5.61. The summed E-state index contributed by atoms with van der Waals surface area (Å²) in [4.78, 5) is 28.3. The number of nitrogens with one attached hydrogen (secondary N) is 2. The van der Waals surface area contributed by atoms with Gasteiger partial charge in [-0.1, -0.05) is 6.92 Å². The number of esters is 1. The summed E-state index contributed by atoms with van der Waals surface area (Å²) in [7, 11) is 3.38. The maximum atomic E-state index is 12.3. The molecule has 1 saturated heterocycles. The molecule has 1 amide bonds. The lowest BCUT2D eigenvalue weighted by Gasteiger charge is -2.25. The summed E-state index contributed by atoms with van der Waals surface area (Å²) in [5.74, 6) is 1.63. The third-order valence-corrected chi connectivity index (χ3v) is 5.61. The first kappa shape index (κ1) is 20.3. The molecule has 1 aliphatic rings. The van der Waals surface area contributed by atoms with E-state index in [9.17, 15) is 9.59 Å². The lowest BCUT2D eigenvalue weighted by atomic mass is 9.88. The number of imidazole rings is 1. The van der Waals surface area contributed by atoms with Gasteiger partial charge in [0.1, 0.15) is 5.82 Å². The fourth-order valence-electron chi connectivity index (χ4n) is 4.01. The van der Waals surface area contributed by atoms with Crippen LogP contribution in [0.2, 0.25) is 0 Å². The highest BCUT2D eigenvalue weighted by Gasteiger charge is 2.21. The Morgan fingerprint density at radius 2 is 2.11 bits per heavy atom. The van der Waals surface area contributed by atoms with Crippen molar-refractivity contribution in [3.8, 4) is 0 Å². The van der Waals surface area contributed by atoms with E-state index >= 15 is 0 Å². The number of hydrogen-bond acceptors (Lipinski definition) is 5. The number of aromatic nitrogens is 2. The smallest absolute Gasteiger partial charge is 0.307 e. The van der Waals surface area contributed by atoms with E-state index in [1.54, 1.807) is 6.07 Å². The molecule has 28 heavy (non-hydrogen) atoms. The lowest BCUT2D eigenvalue weighted by molar-refractivity contribution is -0.140. The Morgan fingerprint density at radius 1 is 1.36 bits per heavy atom. The second-order valence-electron chi connectivity index (χ2n) is 7.64. The fraction of sp³-hybridized carbons (Fsp3) is 0.571. The summed E-state index contributed by atoms with van der Waals surface area (Å²) in [6.07, 6.45) is 3.75. The van der Waals surface area contributed by atoms with Gasteiger partial charge in [0.05, 0.1) is 24.6 Å². The van der Waals surface area contributed by atoms with E-state index in [1.807, 2.05) is 19.2 Å². The molecule has 2 aromatic rings. The van der Waals surface area contributed by atoms with Crippen molar-refractivity contribution in [3.63, 3.8) is 0 Å². The van der Waals surface area contributed by atoms with Gasteiger partial charge >= 0.3 is 5.97 Å². The number of benzene rings is 1. The van der Waals surface area contributed by atoms with Crippen molar-refractivity contribution >= 4 is 22.9 Å². The van der Waals surface area contributed by atoms with Crippen molar-refractivity contribution in [1.82, 2.24) is 20.2 Å². The number of aryl methyl sites for hydroxylation is 1. The normalized spacial score (nSPS) is 16.1. The largest absolute Gasteiger partial charge is 0.469 e. The van der Waals surface area contributed by atoms with Crippen LogP contribution in [0, 0.1) is 5.92 Å². The third kappa shape index (κ3) is 4.70. The van der Waals surface area contributed by atoms with E-state index in [2.05, 4.69) is 26.9 Å². The van der Waals surface area contributed by atoms with Gasteiger partial charge in [-0.05, 0) is 56.5 Å². The number of fused-ring (bicyclic) bond motifs is 1. The van der Waals surface area contributed by atoms with E-state index in [4.69, 9.17) is 4.98 Å². The van der Waals surface area contributed by atoms with Crippen molar-refractivity contribution in [2.75, 3.05) is 26.7 Å². The number of piperidine rings is 1. The fourth-order valence-corrected chi connectivity index (χ4v) is 4.01.